The minimum atomic E-state index is 0.661. The Morgan fingerprint density at radius 3 is 2.68 bits per heavy atom. The molecule has 4 heteroatoms. The second kappa shape index (κ2) is 8.40. The first kappa shape index (κ1) is 15.3. The van der Waals surface area contributed by atoms with Gasteiger partial charge in [-0.3, -0.25) is 4.99 Å². The van der Waals surface area contributed by atoms with Crippen LogP contribution in [0.5, 0.6) is 5.75 Å². The molecule has 0 spiro atoms. The molecule has 1 aromatic carbocycles. The summed E-state index contributed by atoms with van der Waals surface area (Å²) in [6.07, 6.45) is 1.07. The van der Waals surface area contributed by atoms with E-state index in [0.717, 1.165) is 30.3 Å². The highest BCUT2D eigenvalue weighted by Crippen LogP contribution is 2.18. The van der Waals surface area contributed by atoms with Crippen molar-refractivity contribution in [2.45, 2.75) is 26.8 Å². The average molecular weight is 263 g/mol. The zero-order valence-corrected chi connectivity index (χ0v) is 12.4. The van der Waals surface area contributed by atoms with Gasteiger partial charge in [-0.05, 0) is 18.4 Å². The molecule has 0 aliphatic rings. The highest BCUT2D eigenvalue weighted by Gasteiger charge is 2.04. The number of nitrogens with zero attached hydrogens (tertiary/aromatic N) is 1. The Labute approximate surface area is 116 Å². The Kier molecular flexibility index (Phi) is 6.79. The molecule has 0 aliphatic heterocycles. The number of rotatable bonds is 6. The van der Waals surface area contributed by atoms with Crippen molar-refractivity contribution in [2.24, 2.45) is 10.9 Å². The van der Waals surface area contributed by atoms with E-state index in [0.29, 0.717) is 12.5 Å². The lowest BCUT2D eigenvalue weighted by Crippen LogP contribution is -2.34. The van der Waals surface area contributed by atoms with Gasteiger partial charge in [0, 0.05) is 26.2 Å². The van der Waals surface area contributed by atoms with Crippen LogP contribution < -0.4 is 15.4 Å². The van der Waals surface area contributed by atoms with Gasteiger partial charge in [-0.2, -0.15) is 0 Å². The summed E-state index contributed by atoms with van der Waals surface area (Å²) < 4.78 is 5.85. The van der Waals surface area contributed by atoms with Crippen LogP contribution in [0.25, 0.3) is 0 Å². The van der Waals surface area contributed by atoms with Gasteiger partial charge < -0.3 is 15.4 Å². The fourth-order valence-electron chi connectivity index (χ4n) is 1.65. The number of aliphatic imine (C=N–C) groups is 1. The fraction of sp³-hybridized carbons (Fsp3) is 0.533. The predicted octanol–water partition coefficient (Wildman–Crippen LogP) is 2.41. The molecule has 0 saturated carbocycles. The van der Waals surface area contributed by atoms with Gasteiger partial charge in [0.2, 0.25) is 0 Å². The molecule has 106 valence electrons. The van der Waals surface area contributed by atoms with Crippen LogP contribution in [0.1, 0.15) is 25.8 Å². The summed E-state index contributed by atoms with van der Waals surface area (Å²) >= 11 is 0. The number of ether oxygens (including phenoxy) is 1. The van der Waals surface area contributed by atoms with E-state index in [2.05, 4.69) is 35.5 Å². The van der Waals surface area contributed by atoms with Gasteiger partial charge in [-0.25, -0.2) is 0 Å². The van der Waals surface area contributed by atoms with E-state index in [1.54, 1.807) is 7.05 Å². The zero-order valence-electron chi connectivity index (χ0n) is 12.4. The number of benzene rings is 1. The van der Waals surface area contributed by atoms with Crippen LogP contribution in [0.15, 0.2) is 29.3 Å². The summed E-state index contributed by atoms with van der Waals surface area (Å²) in [7, 11) is 3.60. The van der Waals surface area contributed by atoms with Crippen molar-refractivity contribution in [2.75, 3.05) is 20.7 Å². The van der Waals surface area contributed by atoms with Gasteiger partial charge in [-0.1, -0.05) is 32.0 Å². The van der Waals surface area contributed by atoms with E-state index in [1.165, 1.54) is 0 Å². The maximum atomic E-state index is 5.85. The van der Waals surface area contributed by atoms with Crippen LogP contribution in [-0.2, 0) is 6.54 Å². The van der Waals surface area contributed by atoms with Crippen molar-refractivity contribution < 1.29 is 4.74 Å². The van der Waals surface area contributed by atoms with Gasteiger partial charge in [0.05, 0.1) is 6.61 Å². The Morgan fingerprint density at radius 2 is 2.05 bits per heavy atom. The van der Waals surface area contributed by atoms with Crippen molar-refractivity contribution in [3.63, 3.8) is 0 Å². The summed E-state index contributed by atoms with van der Waals surface area (Å²) in [5, 5.41) is 6.23. The van der Waals surface area contributed by atoms with Gasteiger partial charge in [0.25, 0.3) is 0 Å². The zero-order chi connectivity index (χ0) is 14.1. The van der Waals surface area contributed by atoms with Crippen LogP contribution >= 0.6 is 0 Å². The molecule has 0 atom stereocenters. The lowest BCUT2D eigenvalue weighted by Gasteiger charge is -2.14. The molecule has 1 rings (SSSR count). The number of hydrogen-bond donors (Lipinski definition) is 2. The average Bonchev–Trinajstić information content (AvgIpc) is 2.41. The first-order chi connectivity index (χ1) is 9.17. The molecule has 0 aromatic heterocycles. The van der Waals surface area contributed by atoms with Crippen LogP contribution in [0.4, 0.5) is 0 Å². The summed E-state index contributed by atoms with van der Waals surface area (Å²) in [5.41, 5.74) is 1.14. The maximum absolute atomic E-state index is 5.85. The van der Waals surface area contributed by atoms with Crippen molar-refractivity contribution in [1.82, 2.24) is 10.6 Å². The van der Waals surface area contributed by atoms with E-state index >= 15 is 0 Å². The normalized spacial score (nSPS) is 11.5. The lowest BCUT2D eigenvalue weighted by molar-refractivity contribution is 0.286. The molecule has 0 fully saturated rings. The number of hydrogen-bond acceptors (Lipinski definition) is 2. The second-order valence-corrected chi connectivity index (χ2v) is 4.81. The van der Waals surface area contributed by atoms with Gasteiger partial charge in [0.15, 0.2) is 5.96 Å². The molecule has 0 heterocycles. The largest absolute Gasteiger partial charge is 0.493 e. The maximum Gasteiger partial charge on any atom is 0.190 e. The Balaban J connectivity index is 2.57. The SMILES string of the molecule is CN=C(NC)NCc1ccccc1OCCC(C)C. The molecule has 0 amide bonds. The summed E-state index contributed by atoms with van der Waals surface area (Å²) in [4.78, 5) is 4.09. The smallest absolute Gasteiger partial charge is 0.190 e. The van der Waals surface area contributed by atoms with E-state index in [4.69, 9.17) is 4.74 Å². The molecule has 0 aliphatic carbocycles. The minimum absolute atomic E-state index is 0.661. The van der Waals surface area contributed by atoms with Crippen LogP contribution in [0.3, 0.4) is 0 Å². The van der Waals surface area contributed by atoms with Gasteiger partial charge in [0.1, 0.15) is 5.75 Å². The quantitative estimate of drug-likeness (QED) is 0.612. The first-order valence-corrected chi connectivity index (χ1v) is 6.76. The lowest BCUT2D eigenvalue weighted by atomic mass is 10.1. The fourth-order valence-corrected chi connectivity index (χ4v) is 1.65. The van der Waals surface area contributed by atoms with Crippen molar-refractivity contribution in [3.8, 4) is 5.75 Å². The van der Waals surface area contributed by atoms with E-state index in [-0.39, 0.29) is 0 Å². The third kappa shape index (κ3) is 5.64. The molecular formula is C15H25N3O. The summed E-state index contributed by atoms with van der Waals surface area (Å²) in [6.45, 7) is 5.86. The second-order valence-electron chi connectivity index (χ2n) is 4.81. The topological polar surface area (TPSA) is 45.7 Å². The number of nitrogens with one attached hydrogen (secondary N) is 2. The molecule has 1 aromatic rings. The minimum Gasteiger partial charge on any atom is -0.493 e. The predicted molar refractivity (Wildman–Crippen MR) is 80.7 cm³/mol. The molecular weight excluding hydrogens is 238 g/mol. The monoisotopic (exact) mass is 263 g/mol. The van der Waals surface area contributed by atoms with Gasteiger partial charge in [-0.15, -0.1) is 0 Å². The number of guanidine groups is 1. The Hall–Kier alpha value is -1.71. The number of para-hydroxylation sites is 1. The molecule has 2 N–H and O–H groups in total. The van der Waals surface area contributed by atoms with Crippen molar-refractivity contribution in [3.05, 3.63) is 29.8 Å². The van der Waals surface area contributed by atoms with Crippen molar-refractivity contribution >= 4 is 5.96 Å². The molecule has 0 radical (unpaired) electrons. The van der Waals surface area contributed by atoms with E-state index in [1.807, 2.05) is 25.2 Å². The molecule has 4 nitrogen and oxygen atoms in total. The summed E-state index contributed by atoms with van der Waals surface area (Å²) in [6, 6.07) is 8.11. The summed E-state index contributed by atoms with van der Waals surface area (Å²) in [5.74, 6) is 2.38. The molecule has 0 bridgehead atoms. The van der Waals surface area contributed by atoms with E-state index < -0.39 is 0 Å². The third-order valence-corrected chi connectivity index (χ3v) is 2.83. The standard InChI is InChI=1S/C15H25N3O/c1-12(2)9-10-19-14-8-6-5-7-13(14)11-18-15(16-3)17-4/h5-8,12H,9-11H2,1-4H3,(H2,16,17,18). The first-order valence-electron chi connectivity index (χ1n) is 6.76. The van der Waals surface area contributed by atoms with Crippen LogP contribution in [-0.4, -0.2) is 26.7 Å². The van der Waals surface area contributed by atoms with Crippen molar-refractivity contribution in [1.29, 1.82) is 0 Å². The third-order valence-electron chi connectivity index (χ3n) is 2.83. The molecule has 0 unspecified atom stereocenters. The highest BCUT2D eigenvalue weighted by molar-refractivity contribution is 5.79. The Bertz CT molecular complexity index is 402. The Morgan fingerprint density at radius 1 is 1.32 bits per heavy atom. The van der Waals surface area contributed by atoms with Crippen LogP contribution in [0.2, 0.25) is 0 Å². The van der Waals surface area contributed by atoms with Crippen LogP contribution in [0, 0.1) is 5.92 Å². The van der Waals surface area contributed by atoms with Gasteiger partial charge >= 0.3 is 0 Å². The van der Waals surface area contributed by atoms with E-state index in [9.17, 15) is 0 Å². The molecule has 19 heavy (non-hydrogen) atoms. The molecule has 0 saturated heterocycles. The highest BCUT2D eigenvalue weighted by atomic mass is 16.5.